The van der Waals surface area contributed by atoms with Gasteiger partial charge in [-0.2, -0.15) is 0 Å². The van der Waals surface area contributed by atoms with Crippen LogP contribution in [0.25, 0.3) is 10.9 Å². The highest BCUT2D eigenvalue weighted by Crippen LogP contribution is 2.25. The van der Waals surface area contributed by atoms with E-state index in [2.05, 4.69) is 18.2 Å². The van der Waals surface area contributed by atoms with E-state index >= 15 is 0 Å². The molecule has 2 heteroatoms. The summed E-state index contributed by atoms with van der Waals surface area (Å²) < 4.78 is 5.07. The Morgan fingerprint density at radius 2 is 2.00 bits per heavy atom. The molecule has 0 bridgehead atoms. The van der Waals surface area contributed by atoms with Crippen LogP contribution in [-0.2, 0) is 0 Å². The number of hydrogen-bond acceptors (Lipinski definition) is 2. The Morgan fingerprint density at radius 3 is 2.71 bits per heavy atom. The van der Waals surface area contributed by atoms with Gasteiger partial charge in [0.05, 0.1) is 5.52 Å². The number of benzene rings is 1. The quantitative estimate of drug-likeness (QED) is 0.683. The number of aryl methyl sites for hydroxylation is 2. The van der Waals surface area contributed by atoms with E-state index < -0.39 is 0 Å². The number of rotatable bonds is 1. The first kappa shape index (κ1) is 9.00. The Balaban J connectivity index is 2.81. The van der Waals surface area contributed by atoms with E-state index in [1.54, 1.807) is 0 Å². The van der Waals surface area contributed by atoms with Crippen molar-refractivity contribution in [3.63, 3.8) is 0 Å². The van der Waals surface area contributed by atoms with Crippen LogP contribution in [0.4, 0.5) is 0 Å². The molecule has 0 aliphatic carbocycles. The van der Waals surface area contributed by atoms with Gasteiger partial charge in [0.1, 0.15) is 12.9 Å². The maximum absolute atomic E-state index is 5.07. The van der Waals surface area contributed by atoms with Gasteiger partial charge in [0.2, 0.25) is 0 Å². The van der Waals surface area contributed by atoms with E-state index in [1.807, 2.05) is 32.0 Å². The largest absolute Gasteiger partial charge is 0.489 e. The molecule has 1 aromatic carbocycles. The zero-order valence-electron chi connectivity index (χ0n) is 8.37. The Kier molecular flexibility index (Phi) is 2.12. The molecule has 14 heavy (non-hydrogen) atoms. The lowest BCUT2D eigenvalue weighted by Gasteiger charge is -2.06. The summed E-state index contributed by atoms with van der Waals surface area (Å²) in [6, 6.07) is 8.00. The van der Waals surface area contributed by atoms with Crippen LogP contribution >= 0.6 is 0 Å². The molecule has 2 nitrogen and oxygen atoms in total. The molecule has 71 valence electrons. The average molecular weight is 186 g/mol. The molecular weight excluding hydrogens is 174 g/mol. The molecule has 0 amide bonds. The molecular formula is C12H12NO. The monoisotopic (exact) mass is 186 g/mol. The topological polar surface area (TPSA) is 22.1 Å². The van der Waals surface area contributed by atoms with Crippen molar-refractivity contribution in [2.24, 2.45) is 0 Å². The smallest absolute Gasteiger partial charge is 0.130 e. The standard InChI is InChI=1S/C12H12NO/c1-8-4-5-11-10(6-8)12(14-3)7-9(2)13-11/h4-7H,3H2,1-2H3. The second kappa shape index (κ2) is 3.29. The fourth-order valence-corrected chi connectivity index (χ4v) is 1.55. The van der Waals surface area contributed by atoms with Crippen molar-refractivity contribution >= 4 is 10.9 Å². The molecule has 1 aromatic heterocycles. The third-order valence-corrected chi connectivity index (χ3v) is 2.21. The minimum absolute atomic E-state index is 0.788. The molecule has 1 radical (unpaired) electrons. The molecule has 0 spiro atoms. The minimum atomic E-state index is 0.788. The Hall–Kier alpha value is -1.57. The molecule has 0 aliphatic rings. The molecule has 1 heterocycles. The second-order valence-electron chi connectivity index (χ2n) is 3.43. The average Bonchev–Trinajstić information content (AvgIpc) is 2.17. The van der Waals surface area contributed by atoms with Crippen molar-refractivity contribution in [2.45, 2.75) is 13.8 Å². The maximum Gasteiger partial charge on any atom is 0.130 e. The summed E-state index contributed by atoms with van der Waals surface area (Å²) in [6.45, 7) is 3.99. The van der Waals surface area contributed by atoms with E-state index in [1.165, 1.54) is 5.56 Å². The maximum atomic E-state index is 5.07. The highest BCUT2D eigenvalue weighted by Gasteiger charge is 2.03. The molecule has 2 rings (SSSR count). The normalized spacial score (nSPS) is 10.5. The zero-order valence-corrected chi connectivity index (χ0v) is 8.37. The van der Waals surface area contributed by atoms with Gasteiger partial charge in [0.25, 0.3) is 0 Å². The first-order valence-electron chi connectivity index (χ1n) is 4.51. The molecule has 0 unspecified atom stereocenters. The van der Waals surface area contributed by atoms with E-state index in [0.29, 0.717) is 0 Å². The van der Waals surface area contributed by atoms with Gasteiger partial charge in [-0.3, -0.25) is 4.98 Å². The first-order chi connectivity index (χ1) is 6.70. The third-order valence-electron chi connectivity index (χ3n) is 2.21. The summed E-state index contributed by atoms with van der Waals surface area (Å²) in [5.74, 6) is 0.788. The van der Waals surface area contributed by atoms with Crippen LogP contribution in [-0.4, -0.2) is 4.98 Å². The van der Waals surface area contributed by atoms with Crippen LogP contribution in [0.5, 0.6) is 5.75 Å². The fourth-order valence-electron chi connectivity index (χ4n) is 1.55. The highest BCUT2D eigenvalue weighted by molar-refractivity contribution is 5.85. The van der Waals surface area contributed by atoms with Crippen LogP contribution in [0.3, 0.4) is 0 Å². The van der Waals surface area contributed by atoms with Gasteiger partial charge in [-0.05, 0) is 26.0 Å². The Labute approximate surface area is 83.5 Å². The number of fused-ring (bicyclic) bond motifs is 1. The molecule has 0 aliphatic heterocycles. The van der Waals surface area contributed by atoms with Crippen molar-refractivity contribution < 1.29 is 4.74 Å². The number of pyridine rings is 1. The number of nitrogens with zero attached hydrogens (tertiary/aromatic N) is 1. The number of hydrogen-bond donors (Lipinski definition) is 0. The Bertz CT molecular complexity index is 477. The lowest BCUT2D eigenvalue weighted by Crippen LogP contribution is -1.89. The highest BCUT2D eigenvalue weighted by atomic mass is 16.5. The van der Waals surface area contributed by atoms with Crippen LogP contribution in [0.15, 0.2) is 24.3 Å². The van der Waals surface area contributed by atoms with Crippen LogP contribution < -0.4 is 4.74 Å². The van der Waals surface area contributed by atoms with Gasteiger partial charge in [-0.25, -0.2) is 0 Å². The van der Waals surface area contributed by atoms with E-state index in [0.717, 1.165) is 22.3 Å². The molecule has 0 atom stereocenters. The predicted octanol–water partition coefficient (Wildman–Crippen LogP) is 3.02. The van der Waals surface area contributed by atoms with Crippen LogP contribution in [0, 0.1) is 21.0 Å². The van der Waals surface area contributed by atoms with Crippen molar-refractivity contribution in [3.05, 3.63) is 42.6 Å². The van der Waals surface area contributed by atoms with Crippen molar-refractivity contribution in [1.29, 1.82) is 0 Å². The SMILES string of the molecule is [CH2]Oc1cc(C)nc2ccc(C)cc12. The second-order valence-corrected chi connectivity index (χ2v) is 3.43. The van der Waals surface area contributed by atoms with Gasteiger partial charge in [0.15, 0.2) is 0 Å². The molecule has 0 fully saturated rings. The third kappa shape index (κ3) is 1.43. The van der Waals surface area contributed by atoms with Crippen LogP contribution in [0.2, 0.25) is 0 Å². The fraction of sp³-hybridized carbons (Fsp3) is 0.167. The minimum Gasteiger partial charge on any atom is -0.489 e. The predicted molar refractivity (Wildman–Crippen MR) is 57.2 cm³/mol. The van der Waals surface area contributed by atoms with Crippen LogP contribution in [0.1, 0.15) is 11.3 Å². The Morgan fingerprint density at radius 1 is 1.21 bits per heavy atom. The van der Waals surface area contributed by atoms with Gasteiger partial charge in [-0.1, -0.05) is 11.6 Å². The number of ether oxygens (including phenoxy) is 1. The van der Waals surface area contributed by atoms with E-state index in [4.69, 9.17) is 4.74 Å². The summed E-state index contributed by atoms with van der Waals surface area (Å²) in [7, 11) is 3.45. The summed E-state index contributed by atoms with van der Waals surface area (Å²) in [5, 5.41) is 1.02. The van der Waals surface area contributed by atoms with Gasteiger partial charge < -0.3 is 4.74 Å². The lowest BCUT2D eigenvalue weighted by atomic mass is 10.1. The van der Waals surface area contributed by atoms with Crippen molar-refractivity contribution in [2.75, 3.05) is 0 Å². The summed E-state index contributed by atoms with van der Waals surface area (Å²) in [6.07, 6.45) is 0. The molecule has 2 aromatic rings. The molecule has 0 N–H and O–H groups in total. The summed E-state index contributed by atoms with van der Waals surface area (Å²) in [4.78, 5) is 4.42. The summed E-state index contributed by atoms with van der Waals surface area (Å²) in [5.41, 5.74) is 3.09. The summed E-state index contributed by atoms with van der Waals surface area (Å²) >= 11 is 0. The van der Waals surface area contributed by atoms with E-state index in [-0.39, 0.29) is 0 Å². The lowest BCUT2D eigenvalue weighted by molar-refractivity contribution is 0.478. The molecule has 0 saturated carbocycles. The molecule has 0 saturated heterocycles. The van der Waals surface area contributed by atoms with Gasteiger partial charge in [-0.15, -0.1) is 0 Å². The number of aromatic nitrogens is 1. The van der Waals surface area contributed by atoms with Gasteiger partial charge in [0, 0.05) is 17.1 Å². The van der Waals surface area contributed by atoms with Crippen molar-refractivity contribution in [1.82, 2.24) is 4.98 Å². The van der Waals surface area contributed by atoms with Gasteiger partial charge >= 0.3 is 0 Å². The first-order valence-corrected chi connectivity index (χ1v) is 4.51. The van der Waals surface area contributed by atoms with Crippen molar-refractivity contribution in [3.8, 4) is 5.75 Å². The van der Waals surface area contributed by atoms with E-state index in [9.17, 15) is 0 Å². The zero-order chi connectivity index (χ0) is 10.1.